The number of hydrogen-bond donors (Lipinski definition) is 2. The lowest BCUT2D eigenvalue weighted by Gasteiger charge is -2.49. The number of aliphatic hydroxyl groups is 1. The minimum absolute atomic E-state index is 0.0462. The molecule has 3 atom stereocenters. The first kappa shape index (κ1) is 32.1. The predicted molar refractivity (Wildman–Crippen MR) is 157 cm³/mol. The molecule has 7 nitrogen and oxygen atoms in total. The summed E-state index contributed by atoms with van der Waals surface area (Å²) in [6, 6.07) is 14.2. The highest BCUT2D eigenvalue weighted by atomic mass is 28.4. The fraction of sp³-hybridized carbons (Fsp3) is 0.581. The van der Waals surface area contributed by atoms with Crippen LogP contribution in [0.1, 0.15) is 65.0 Å². The number of β-amino-alcohol motifs (C(OH)–C–C–N with tert-alkyl or cyclic N) is 1. The Balaban J connectivity index is 1.66. The van der Waals surface area contributed by atoms with Crippen molar-refractivity contribution in [3.8, 4) is 5.75 Å². The Kier molecular flexibility index (Phi) is 11.6. The topological polar surface area (TPSA) is 88.5 Å². The maximum atomic E-state index is 13.7. The summed E-state index contributed by atoms with van der Waals surface area (Å²) in [5.41, 5.74) is 2.43. The van der Waals surface area contributed by atoms with Gasteiger partial charge in [0, 0.05) is 24.4 Å². The van der Waals surface area contributed by atoms with Crippen LogP contribution >= 0.6 is 0 Å². The molecule has 222 valence electrons. The van der Waals surface area contributed by atoms with Gasteiger partial charge in [0.05, 0.1) is 38.6 Å². The van der Waals surface area contributed by atoms with Gasteiger partial charge in [0.1, 0.15) is 11.6 Å². The van der Waals surface area contributed by atoms with Crippen LogP contribution in [0.5, 0.6) is 5.75 Å². The van der Waals surface area contributed by atoms with Crippen LogP contribution in [-0.4, -0.2) is 68.0 Å². The van der Waals surface area contributed by atoms with Gasteiger partial charge in [0.2, 0.25) is 8.32 Å². The number of rotatable bonds is 13. The second-order valence-electron chi connectivity index (χ2n) is 11.7. The largest absolute Gasteiger partial charge is 0.494 e. The van der Waals surface area contributed by atoms with Crippen molar-refractivity contribution >= 4 is 14.4 Å². The third-order valence-electron chi connectivity index (χ3n) is 8.14. The van der Waals surface area contributed by atoms with Crippen LogP contribution in [0.3, 0.4) is 0 Å². The highest BCUT2D eigenvalue weighted by Crippen LogP contribution is 2.45. The van der Waals surface area contributed by atoms with Crippen LogP contribution in [0.15, 0.2) is 48.5 Å². The zero-order valence-corrected chi connectivity index (χ0v) is 25.7. The van der Waals surface area contributed by atoms with Crippen LogP contribution < -0.4 is 4.74 Å². The van der Waals surface area contributed by atoms with E-state index in [0.29, 0.717) is 47.6 Å². The molecule has 2 N–H and O–H groups in total. The van der Waals surface area contributed by atoms with Crippen molar-refractivity contribution in [2.24, 2.45) is 0 Å². The monoisotopic (exact) mass is 575 g/mol. The van der Waals surface area contributed by atoms with Crippen molar-refractivity contribution in [2.75, 3.05) is 26.3 Å². The van der Waals surface area contributed by atoms with Gasteiger partial charge < -0.3 is 29.0 Å². The molecule has 1 fully saturated rings. The number of carboxylic acid groups (broad SMARTS) is 1. The molecule has 0 aliphatic carbocycles. The summed E-state index contributed by atoms with van der Waals surface area (Å²) in [5, 5.41) is 20.9. The average Bonchev–Trinajstić information content (AvgIpc) is 2.89. The number of likely N-dealkylation sites (tertiary alicyclic amines) is 1. The van der Waals surface area contributed by atoms with Crippen LogP contribution in [0.25, 0.3) is 0 Å². The maximum Gasteiger partial charge on any atom is 0.407 e. The average molecular weight is 576 g/mol. The number of hydrogen-bond acceptors (Lipinski definition) is 5. The molecule has 1 amide bonds. The van der Waals surface area contributed by atoms with Gasteiger partial charge in [-0.15, -0.1) is 0 Å². The fourth-order valence-corrected chi connectivity index (χ4v) is 11.9. The van der Waals surface area contributed by atoms with Gasteiger partial charge in [-0.2, -0.15) is 0 Å². The summed E-state index contributed by atoms with van der Waals surface area (Å²) >= 11 is 0. The van der Waals surface area contributed by atoms with Crippen molar-refractivity contribution in [2.45, 2.75) is 89.3 Å². The second kappa shape index (κ2) is 14.4. The molecular formula is C31H46FNO6Si. The smallest absolute Gasteiger partial charge is 0.407 e. The highest BCUT2D eigenvalue weighted by Gasteiger charge is 2.50. The van der Waals surface area contributed by atoms with Crippen LogP contribution in [-0.2, 0) is 15.8 Å². The predicted octanol–water partition coefficient (Wildman–Crippen LogP) is 6.81. The highest BCUT2D eigenvalue weighted by molar-refractivity contribution is 6.77. The standard InChI is InChI=1S/C31H46FNO6Si/c1-21(2)40(22(3)4,23(5)6)39-29-19-33(31(35)36)18-28(34)30(29)24-12-14-26(15-13-24)38-17-9-16-37-20-25-10-7-8-11-27(25)32/h7-8,10-15,21-23,28-30,34H,9,16-20H2,1-6H3,(H,35,36). The normalized spacial score (nSPS) is 20.0. The molecule has 9 heteroatoms. The van der Waals surface area contributed by atoms with E-state index in [-0.39, 0.29) is 31.4 Å². The minimum Gasteiger partial charge on any atom is -0.494 e. The molecular weight excluding hydrogens is 529 g/mol. The van der Waals surface area contributed by atoms with Gasteiger partial charge in [-0.3, -0.25) is 0 Å². The molecule has 2 aromatic rings. The number of aliphatic hydroxyl groups excluding tert-OH is 1. The lowest BCUT2D eigenvalue weighted by molar-refractivity contribution is -0.0190. The lowest BCUT2D eigenvalue weighted by Crippen LogP contribution is -2.59. The molecule has 3 unspecified atom stereocenters. The maximum absolute atomic E-state index is 13.7. The molecule has 2 aromatic carbocycles. The van der Waals surface area contributed by atoms with E-state index in [1.807, 2.05) is 24.3 Å². The number of amides is 1. The van der Waals surface area contributed by atoms with E-state index >= 15 is 0 Å². The molecule has 1 aliphatic heterocycles. The van der Waals surface area contributed by atoms with Crippen LogP contribution in [0.2, 0.25) is 16.6 Å². The fourth-order valence-electron chi connectivity index (χ4n) is 6.30. The molecule has 0 bridgehead atoms. The number of ether oxygens (including phenoxy) is 2. The van der Waals surface area contributed by atoms with Gasteiger partial charge in [-0.05, 0) is 40.4 Å². The number of nitrogens with zero attached hydrogens (tertiary/aromatic N) is 1. The van der Waals surface area contributed by atoms with Crippen molar-refractivity contribution < 1.29 is 33.3 Å². The number of piperidine rings is 1. The van der Waals surface area contributed by atoms with E-state index in [1.54, 1.807) is 18.2 Å². The van der Waals surface area contributed by atoms with Gasteiger partial charge in [-0.1, -0.05) is 71.9 Å². The van der Waals surface area contributed by atoms with Gasteiger partial charge in [0.15, 0.2) is 0 Å². The van der Waals surface area contributed by atoms with E-state index in [9.17, 15) is 19.4 Å². The Hall–Kier alpha value is -2.46. The number of benzene rings is 2. The van der Waals surface area contributed by atoms with Crippen molar-refractivity contribution in [3.63, 3.8) is 0 Å². The molecule has 1 saturated heterocycles. The van der Waals surface area contributed by atoms with Gasteiger partial charge >= 0.3 is 6.09 Å². The zero-order valence-electron chi connectivity index (χ0n) is 24.7. The minimum atomic E-state index is -2.34. The molecule has 0 spiro atoms. The van der Waals surface area contributed by atoms with Crippen molar-refractivity contribution in [1.29, 1.82) is 0 Å². The van der Waals surface area contributed by atoms with Crippen LogP contribution in [0.4, 0.5) is 9.18 Å². The SMILES string of the molecule is CC(C)[Si](OC1CN(C(=O)O)CC(O)C1c1ccc(OCCCOCc2ccccc2F)cc1)(C(C)C)C(C)C. The third kappa shape index (κ3) is 7.63. The summed E-state index contributed by atoms with van der Waals surface area (Å²) in [4.78, 5) is 13.2. The van der Waals surface area contributed by atoms with Gasteiger partial charge in [0.25, 0.3) is 0 Å². The molecule has 3 rings (SSSR count). The van der Waals surface area contributed by atoms with E-state index < -0.39 is 26.6 Å². The summed E-state index contributed by atoms with van der Waals surface area (Å²) in [6.45, 7) is 14.6. The Morgan fingerprint density at radius 3 is 2.17 bits per heavy atom. The first-order chi connectivity index (χ1) is 19.0. The summed E-state index contributed by atoms with van der Waals surface area (Å²) < 4.78 is 32.2. The third-order valence-corrected chi connectivity index (χ3v) is 14.3. The molecule has 1 aliphatic rings. The number of halogens is 1. The Morgan fingerprint density at radius 2 is 1.60 bits per heavy atom. The summed E-state index contributed by atoms with van der Waals surface area (Å²) in [6.07, 6.45) is -1.72. The molecule has 40 heavy (non-hydrogen) atoms. The van der Waals surface area contributed by atoms with Crippen molar-refractivity contribution in [3.05, 3.63) is 65.5 Å². The molecule has 0 saturated carbocycles. The van der Waals surface area contributed by atoms with E-state index in [2.05, 4.69) is 41.5 Å². The Bertz CT molecular complexity index is 1060. The van der Waals surface area contributed by atoms with Crippen molar-refractivity contribution in [1.82, 2.24) is 4.90 Å². The van der Waals surface area contributed by atoms with Gasteiger partial charge in [-0.25, -0.2) is 9.18 Å². The Morgan fingerprint density at radius 1 is 0.975 bits per heavy atom. The first-order valence-corrected chi connectivity index (χ1v) is 16.5. The molecule has 0 aromatic heterocycles. The summed E-state index contributed by atoms with van der Waals surface area (Å²) in [5.74, 6) is 0.0819. The van der Waals surface area contributed by atoms with E-state index in [1.165, 1.54) is 11.0 Å². The zero-order chi connectivity index (χ0) is 29.4. The summed E-state index contributed by atoms with van der Waals surface area (Å²) in [7, 11) is -2.34. The number of carbonyl (C=O) groups is 1. The molecule has 0 radical (unpaired) electrons. The second-order valence-corrected chi connectivity index (χ2v) is 17.1. The quantitative estimate of drug-likeness (QED) is 0.202. The first-order valence-electron chi connectivity index (χ1n) is 14.3. The molecule has 1 heterocycles. The Labute approximate surface area is 239 Å². The van der Waals surface area contributed by atoms with E-state index in [0.717, 1.165) is 5.56 Å². The van der Waals surface area contributed by atoms with E-state index in [4.69, 9.17) is 13.9 Å². The lowest BCUT2D eigenvalue weighted by atomic mass is 9.85. The van der Waals surface area contributed by atoms with Crippen LogP contribution in [0, 0.1) is 5.82 Å².